The van der Waals surface area contributed by atoms with Crippen molar-refractivity contribution < 1.29 is 29.0 Å². The van der Waals surface area contributed by atoms with E-state index in [9.17, 15) is 19.5 Å². The standard InChI is InChI=1S/C22H36O6/c1-4-5-6-7-8-9-10-11-12-13-14-20(27-17(2)23)22(26)19(25)15-16-21(22)28-18(3)24/h15-16,20-21,26H,4-14H2,1-3H3/t20-,21-,22+/m1/s1. The number of unbranched alkanes of at least 4 members (excludes halogenated alkanes) is 9. The van der Waals surface area contributed by atoms with Gasteiger partial charge >= 0.3 is 11.9 Å². The Morgan fingerprint density at radius 2 is 1.54 bits per heavy atom. The molecule has 3 atom stereocenters. The highest BCUT2D eigenvalue weighted by molar-refractivity contribution is 6.01. The molecule has 0 aromatic rings. The van der Waals surface area contributed by atoms with Crippen LogP contribution in [-0.4, -0.2) is 40.6 Å². The molecule has 0 amide bonds. The number of ether oxygens (including phenoxy) is 2. The third-order valence-corrected chi connectivity index (χ3v) is 5.16. The van der Waals surface area contributed by atoms with Gasteiger partial charge in [-0.1, -0.05) is 64.7 Å². The molecule has 0 aromatic heterocycles. The summed E-state index contributed by atoms with van der Waals surface area (Å²) in [5, 5.41) is 11.0. The highest BCUT2D eigenvalue weighted by atomic mass is 16.6. The molecule has 0 aromatic carbocycles. The second-order valence-corrected chi connectivity index (χ2v) is 7.65. The largest absolute Gasteiger partial charge is 0.459 e. The van der Waals surface area contributed by atoms with Crippen molar-refractivity contribution in [2.75, 3.05) is 0 Å². The number of ketones is 1. The first-order chi connectivity index (χ1) is 13.3. The summed E-state index contributed by atoms with van der Waals surface area (Å²) in [6.45, 7) is 4.66. The first-order valence-electron chi connectivity index (χ1n) is 10.6. The van der Waals surface area contributed by atoms with E-state index in [-0.39, 0.29) is 0 Å². The van der Waals surface area contributed by atoms with Crippen molar-refractivity contribution in [2.45, 2.75) is 109 Å². The van der Waals surface area contributed by atoms with Gasteiger partial charge in [0.15, 0.2) is 11.9 Å². The van der Waals surface area contributed by atoms with E-state index < -0.39 is 35.5 Å². The van der Waals surface area contributed by atoms with Crippen molar-refractivity contribution in [3.63, 3.8) is 0 Å². The predicted molar refractivity (Wildman–Crippen MR) is 107 cm³/mol. The maximum atomic E-state index is 12.3. The van der Waals surface area contributed by atoms with Gasteiger partial charge in [-0.25, -0.2) is 0 Å². The molecule has 6 heteroatoms. The molecule has 160 valence electrons. The van der Waals surface area contributed by atoms with Crippen molar-refractivity contribution in [3.05, 3.63) is 12.2 Å². The topological polar surface area (TPSA) is 89.9 Å². The lowest BCUT2D eigenvalue weighted by atomic mass is 9.87. The van der Waals surface area contributed by atoms with Gasteiger partial charge in [-0.3, -0.25) is 14.4 Å². The van der Waals surface area contributed by atoms with Gasteiger partial charge in [0.1, 0.15) is 6.10 Å². The van der Waals surface area contributed by atoms with Crippen molar-refractivity contribution in [1.82, 2.24) is 0 Å². The van der Waals surface area contributed by atoms with E-state index in [1.54, 1.807) is 0 Å². The zero-order valence-corrected chi connectivity index (χ0v) is 17.6. The zero-order chi connectivity index (χ0) is 21.0. The number of hydrogen-bond acceptors (Lipinski definition) is 6. The van der Waals surface area contributed by atoms with E-state index in [4.69, 9.17) is 9.47 Å². The molecule has 0 bridgehead atoms. The fourth-order valence-corrected chi connectivity index (χ4v) is 3.63. The van der Waals surface area contributed by atoms with Crippen LogP contribution in [0.5, 0.6) is 0 Å². The fraction of sp³-hybridized carbons (Fsp3) is 0.773. The summed E-state index contributed by atoms with van der Waals surface area (Å²) in [6.07, 6.45) is 12.2. The molecule has 6 nitrogen and oxygen atoms in total. The molecule has 0 spiro atoms. The van der Waals surface area contributed by atoms with Crippen LogP contribution in [0.15, 0.2) is 12.2 Å². The smallest absolute Gasteiger partial charge is 0.303 e. The van der Waals surface area contributed by atoms with Crippen LogP contribution in [0, 0.1) is 0 Å². The number of hydrogen-bond donors (Lipinski definition) is 1. The maximum Gasteiger partial charge on any atom is 0.303 e. The SMILES string of the molecule is CCCCCCCCCCCC[C@@H](OC(C)=O)[C@@]1(O)C(=O)C=C[C@H]1OC(C)=O. The first kappa shape index (κ1) is 24.3. The van der Waals surface area contributed by atoms with Gasteiger partial charge in [0.25, 0.3) is 0 Å². The molecule has 0 aliphatic heterocycles. The summed E-state index contributed by atoms with van der Waals surface area (Å²) >= 11 is 0. The Kier molecular flexibility index (Phi) is 11.0. The number of aliphatic hydroxyl groups is 1. The molecule has 1 aliphatic rings. The van der Waals surface area contributed by atoms with Gasteiger partial charge in [0, 0.05) is 13.8 Å². The van der Waals surface area contributed by atoms with Gasteiger partial charge in [-0.15, -0.1) is 0 Å². The van der Waals surface area contributed by atoms with Crippen LogP contribution in [0.25, 0.3) is 0 Å². The Balaban J connectivity index is 2.47. The lowest BCUT2D eigenvalue weighted by Crippen LogP contribution is -2.56. The van der Waals surface area contributed by atoms with E-state index in [0.717, 1.165) is 25.7 Å². The fourth-order valence-electron chi connectivity index (χ4n) is 3.63. The Hall–Kier alpha value is -1.69. The molecule has 0 saturated heterocycles. The summed E-state index contributed by atoms with van der Waals surface area (Å²) in [5.74, 6) is -1.79. The third-order valence-electron chi connectivity index (χ3n) is 5.16. The Bertz CT molecular complexity index is 541. The Labute approximate surface area is 168 Å². The van der Waals surface area contributed by atoms with E-state index in [2.05, 4.69) is 6.92 Å². The third kappa shape index (κ3) is 7.74. The van der Waals surface area contributed by atoms with E-state index in [1.165, 1.54) is 64.5 Å². The molecule has 28 heavy (non-hydrogen) atoms. The predicted octanol–water partition coefficient (Wildman–Crippen LogP) is 4.03. The molecule has 0 saturated carbocycles. The number of rotatable bonds is 14. The minimum Gasteiger partial charge on any atom is -0.459 e. The lowest BCUT2D eigenvalue weighted by Gasteiger charge is -2.34. The molecule has 0 heterocycles. The Morgan fingerprint density at radius 3 is 2.04 bits per heavy atom. The van der Waals surface area contributed by atoms with Crippen LogP contribution in [-0.2, 0) is 23.9 Å². The van der Waals surface area contributed by atoms with Crippen LogP contribution in [0.1, 0.15) is 91.4 Å². The quantitative estimate of drug-likeness (QED) is 0.352. The van der Waals surface area contributed by atoms with Crippen LogP contribution in [0.4, 0.5) is 0 Å². The molecule has 0 unspecified atom stereocenters. The molecule has 0 fully saturated rings. The lowest BCUT2D eigenvalue weighted by molar-refractivity contribution is -0.186. The first-order valence-corrected chi connectivity index (χ1v) is 10.6. The van der Waals surface area contributed by atoms with E-state index >= 15 is 0 Å². The minimum absolute atomic E-state index is 0.345. The van der Waals surface area contributed by atoms with Gasteiger partial charge in [0.2, 0.25) is 5.60 Å². The summed E-state index contributed by atoms with van der Waals surface area (Å²) in [6, 6.07) is 0. The second-order valence-electron chi connectivity index (χ2n) is 7.65. The zero-order valence-electron chi connectivity index (χ0n) is 17.6. The average Bonchev–Trinajstić information content (AvgIpc) is 2.90. The molecular formula is C22H36O6. The summed E-state index contributed by atoms with van der Waals surface area (Å²) in [5.41, 5.74) is -2.05. The van der Waals surface area contributed by atoms with E-state index in [0.29, 0.717) is 6.42 Å². The highest BCUT2D eigenvalue weighted by Gasteiger charge is 2.54. The summed E-state index contributed by atoms with van der Waals surface area (Å²) in [7, 11) is 0. The average molecular weight is 397 g/mol. The highest BCUT2D eigenvalue weighted by Crippen LogP contribution is 2.32. The van der Waals surface area contributed by atoms with Crippen molar-refractivity contribution in [3.8, 4) is 0 Å². The minimum atomic E-state index is -2.05. The van der Waals surface area contributed by atoms with Gasteiger partial charge in [0.05, 0.1) is 0 Å². The van der Waals surface area contributed by atoms with Gasteiger partial charge in [-0.2, -0.15) is 0 Å². The molecule has 1 rings (SSSR count). The van der Waals surface area contributed by atoms with Crippen LogP contribution < -0.4 is 0 Å². The van der Waals surface area contributed by atoms with Gasteiger partial charge in [-0.05, 0) is 25.0 Å². The number of carbonyl (C=O) groups is 3. The summed E-state index contributed by atoms with van der Waals surface area (Å²) in [4.78, 5) is 35.1. The Morgan fingerprint density at radius 1 is 1.00 bits per heavy atom. The monoisotopic (exact) mass is 396 g/mol. The summed E-state index contributed by atoms with van der Waals surface area (Å²) < 4.78 is 10.3. The van der Waals surface area contributed by atoms with Crippen LogP contribution in [0.2, 0.25) is 0 Å². The van der Waals surface area contributed by atoms with Gasteiger partial charge < -0.3 is 14.6 Å². The normalized spacial score (nSPS) is 22.3. The molecule has 1 aliphatic carbocycles. The van der Waals surface area contributed by atoms with Crippen molar-refractivity contribution in [1.29, 1.82) is 0 Å². The molecule has 0 radical (unpaired) electrons. The number of carbonyl (C=O) groups excluding carboxylic acids is 3. The second kappa shape index (κ2) is 12.7. The maximum absolute atomic E-state index is 12.3. The molecular weight excluding hydrogens is 360 g/mol. The number of esters is 2. The van der Waals surface area contributed by atoms with E-state index in [1.807, 2.05) is 0 Å². The van der Waals surface area contributed by atoms with Crippen LogP contribution >= 0.6 is 0 Å². The van der Waals surface area contributed by atoms with Crippen molar-refractivity contribution in [2.24, 2.45) is 0 Å². The van der Waals surface area contributed by atoms with Crippen LogP contribution in [0.3, 0.4) is 0 Å². The molecule has 1 N–H and O–H groups in total. The van der Waals surface area contributed by atoms with Crippen molar-refractivity contribution >= 4 is 17.7 Å².